The van der Waals surface area contributed by atoms with Gasteiger partial charge in [-0.3, -0.25) is 4.79 Å². The van der Waals surface area contributed by atoms with Crippen molar-refractivity contribution in [3.63, 3.8) is 0 Å². The van der Waals surface area contributed by atoms with Gasteiger partial charge in [0.2, 0.25) is 5.91 Å². The van der Waals surface area contributed by atoms with Crippen LogP contribution >= 0.6 is 0 Å². The number of hydrogen-bond acceptors (Lipinski definition) is 3. The standard InChI is InChI=1S/C27H25NO3/c1-18(14-25(29)28-16-20-10-6-4-7-11-20)22-15-23-24(21-12-8-5-9-13-21)17-31-27(23)19(2)26(22)30-3/h4-15,17H,16H2,1-3H3,(H,28,29)/b18-14+. The van der Waals surface area contributed by atoms with Crippen molar-refractivity contribution in [1.82, 2.24) is 5.32 Å². The SMILES string of the molecule is COc1c(/C(C)=C/C(=O)NCc2ccccc2)cc2c(-c3ccccc3)coc2c1C. The molecule has 0 saturated heterocycles. The van der Waals surface area contributed by atoms with E-state index in [1.807, 2.05) is 68.4 Å². The van der Waals surface area contributed by atoms with Crippen LogP contribution in [-0.4, -0.2) is 13.0 Å². The Hall–Kier alpha value is -3.79. The summed E-state index contributed by atoms with van der Waals surface area (Å²) in [5, 5.41) is 3.94. The fourth-order valence-electron chi connectivity index (χ4n) is 3.82. The Morgan fingerprint density at radius 1 is 1.06 bits per heavy atom. The van der Waals surface area contributed by atoms with E-state index in [2.05, 4.69) is 17.4 Å². The second-order valence-corrected chi connectivity index (χ2v) is 7.51. The molecule has 4 heteroatoms. The third-order valence-corrected chi connectivity index (χ3v) is 5.41. The molecule has 0 aliphatic carbocycles. The zero-order valence-electron chi connectivity index (χ0n) is 17.9. The number of allylic oxidation sites excluding steroid dienone is 1. The minimum Gasteiger partial charge on any atom is -0.496 e. The molecule has 0 radical (unpaired) electrons. The zero-order valence-corrected chi connectivity index (χ0v) is 17.9. The summed E-state index contributed by atoms with van der Waals surface area (Å²) in [6.07, 6.45) is 3.40. The predicted molar refractivity (Wildman–Crippen MR) is 125 cm³/mol. The van der Waals surface area contributed by atoms with E-state index in [1.165, 1.54) is 0 Å². The van der Waals surface area contributed by atoms with E-state index in [9.17, 15) is 4.79 Å². The quantitative estimate of drug-likeness (QED) is 0.388. The summed E-state index contributed by atoms with van der Waals surface area (Å²) in [7, 11) is 1.64. The Bertz CT molecular complexity index is 1240. The lowest BCUT2D eigenvalue weighted by Gasteiger charge is -2.13. The average molecular weight is 412 g/mol. The van der Waals surface area contributed by atoms with Gasteiger partial charge in [-0.2, -0.15) is 0 Å². The summed E-state index contributed by atoms with van der Waals surface area (Å²) in [4.78, 5) is 12.5. The van der Waals surface area contributed by atoms with Crippen LogP contribution in [-0.2, 0) is 11.3 Å². The van der Waals surface area contributed by atoms with Crippen molar-refractivity contribution >= 4 is 22.4 Å². The van der Waals surface area contributed by atoms with E-state index in [-0.39, 0.29) is 5.91 Å². The molecule has 1 aromatic heterocycles. The minimum atomic E-state index is -0.142. The molecule has 0 fully saturated rings. The number of furan rings is 1. The third kappa shape index (κ3) is 4.24. The molecule has 4 aromatic rings. The number of nitrogens with one attached hydrogen (secondary N) is 1. The lowest BCUT2D eigenvalue weighted by Crippen LogP contribution is -2.20. The Labute approximate surface area is 182 Å². The van der Waals surface area contributed by atoms with Crippen molar-refractivity contribution in [1.29, 1.82) is 0 Å². The molecule has 0 aliphatic heterocycles. The molecule has 1 amide bonds. The molecule has 0 aliphatic rings. The summed E-state index contributed by atoms with van der Waals surface area (Å²) in [5.74, 6) is 0.572. The molecule has 0 atom stereocenters. The Morgan fingerprint density at radius 3 is 2.42 bits per heavy atom. The van der Waals surface area contributed by atoms with Crippen molar-refractivity contribution in [2.24, 2.45) is 0 Å². The van der Waals surface area contributed by atoms with Gasteiger partial charge >= 0.3 is 0 Å². The van der Waals surface area contributed by atoms with E-state index in [4.69, 9.17) is 9.15 Å². The van der Waals surface area contributed by atoms with Crippen LogP contribution in [0.1, 0.15) is 23.6 Å². The van der Waals surface area contributed by atoms with Gasteiger partial charge in [0.15, 0.2) is 0 Å². The van der Waals surface area contributed by atoms with Gasteiger partial charge in [-0.05, 0) is 36.6 Å². The Morgan fingerprint density at radius 2 is 1.74 bits per heavy atom. The number of methoxy groups -OCH3 is 1. The van der Waals surface area contributed by atoms with Gasteiger partial charge in [0, 0.05) is 34.7 Å². The van der Waals surface area contributed by atoms with Crippen LogP contribution in [0.5, 0.6) is 5.75 Å². The van der Waals surface area contributed by atoms with Gasteiger partial charge in [0.25, 0.3) is 0 Å². The van der Waals surface area contributed by atoms with Crippen LogP contribution in [0.3, 0.4) is 0 Å². The average Bonchev–Trinajstić information content (AvgIpc) is 3.23. The molecule has 4 nitrogen and oxygen atoms in total. The highest BCUT2D eigenvalue weighted by atomic mass is 16.5. The smallest absolute Gasteiger partial charge is 0.244 e. The van der Waals surface area contributed by atoms with Crippen molar-refractivity contribution in [2.75, 3.05) is 7.11 Å². The number of rotatable bonds is 6. The maximum absolute atomic E-state index is 12.5. The minimum absolute atomic E-state index is 0.142. The van der Waals surface area contributed by atoms with Gasteiger partial charge < -0.3 is 14.5 Å². The number of amides is 1. The maximum Gasteiger partial charge on any atom is 0.244 e. The number of aryl methyl sites for hydroxylation is 1. The largest absolute Gasteiger partial charge is 0.496 e. The molecule has 156 valence electrons. The van der Waals surface area contributed by atoms with Crippen LogP contribution in [0.25, 0.3) is 27.7 Å². The first-order valence-electron chi connectivity index (χ1n) is 10.2. The summed E-state index contributed by atoms with van der Waals surface area (Å²) >= 11 is 0. The van der Waals surface area contributed by atoms with Crippen molar-refractivity contribution in [2.45, 2.75) is 20.4 Å². The first-order valence-corrected chi connectivity index (χ1v) is 10.2. The fraction of sp³-hybridized carbons (Fsp3) is 0.148. The molecule has 4 rings (SSSR count). The highest BCUT2D eigenvalue weighted by Crippen LogP contribution is 2.40. The van der Waals surface area contributed by atoms with E-state index in [1.54, 1.807) is 19.4 Å². The zero-order chi connectivity index (χ0) is 21.8. The highest BCUT2D eigenvalue weighted by molar-refractivity contribution is 6.01. The monoisotopic (exact) mass is 411 g/mol. The Kier molecular flexibility index (Phi) is 5.89. The van der Waals surface area contributed by atoms with Crippen LogP contribution in [0.4, 0.5) is 0 Å². The molecular formula is C27H25NO3. The number of hydrogen-bond donors (Lipinski definition) is 1. The lowest BCUT2D eigenvalue weighted by atomic mass is 9.96. The molecule has 1 N–H and O–H groups in total. The first-order chi connectivity index (χ1) is 15.1. The van der Waals surface area contributed by atoms with Crippen LogP contribution in [0.15, 0.2) is 83.5 Å². The van der Waals surface area contributed by atoms with E-state index in [0.717, 1.165) is 44.4 Å². The van der Waals surface area contributed by atoms with Crippen LogP contribution in [0.2, 0.25) is 0 Å². The number of ether oxygens (including phenoxy) is 1. The normalized spacial score (nSPS) is 11.5. The van der Waals surface area contributed by atoms with E-state index >= 15 is 0 Å². The van der Waals surface area contributed by atoms with Gasteiger partial charge in [0.1, 0.15) is 11.3 Å². The van der Waals surface area contributed by atoms with Gasteiger partial charge in [0.05, 0.1) is 13.4 Å². The predicted octanol–water partition coefficient (Wildman–Crippen LogP) is 6.14. The molecular weight excluding hydrogens is 386 g/mol. The van der Waals surface area contributed by atoms with Crippen molar-refractivity contribution in [3.05, 3.63) is 95.8 Å². The highest BCUT2D eigenvalue weighted by Gasteiger charge is 2.18. The third-order valence-electron chi connectivity index (χ3n) is 5.41. The maximum atomic E-state index is 12.5. The lowest BCUT2D eigenvalue weighted by molar-refractivity contribution is -0.116. The number of fused-ring (bicyclic) bond motifs is 1. The van der Waals surface area contributed by atoms with E-state index in [0.29, 0.717) is 12.3 Å². The first kappa shape index (κ1) is 20.5. The molecule has 0 spiro atoms. The number of carbonyl (C=O) groups excluding carboxylic acids is 1. The molecule has 1 heterocycles. The fourth-order valence-corrected chi connectivity index (χ4v) is 3.82. The number of carbonyl (C=O) groups is 1. The summed E-state index contributed by atoms with van der Waals surface area (Å²) in [6, 6.07) is 22.0. The summed E-state index contributed by atoms with van der Waals surface area (Å²) in [5.41, 5.74) is 6.56. The second kappa shape index (κ2) is 8.92. The van der Waals surface area contributed by atoms with Crippen molar-refractivity contribution < 1.29 is 13.9 Å². The van der Waals surface area contributed by atoms with Gasteiger partial charge in [-0.1, -0.05) is 60.7 Å². The molecule has 0 unspecified atom stereocenters. The summed E-state index contributed by atoms with van der Waals surface area (Å²) < 4.78 is 11.6. The Balaban J connectivity index is 1.70. The van der Waals surface area contributed by atoms with Crippen LogP contribution in [0, 0.1) is 6.92 Å². The molecule has 31 heavy (non-hydrogen) atoms. The summed E-state index contributed by atoms with van der Waals surface area (Å²) in [6.45, 7) is 4.39. The van der Waals surface area contributed by atoms with Crippen LogP contribution < -0.4 is 10.1 Å². The molecule has 0 bridgehead atoms. The second-order valence-electron chi connectivity index (χ2n) is 7.51. The van der Waals surface area contributed by atoms with E-state index < -0.39 is 0 Å². The van der Waals surface area contributed by atoms with Crippen molar-refractivity contribution in [3.8, 4) is 16.9 Å². The van der Waals surface area contributed by atoms with Gasteiger partial charge in [-0.15, -0.1) is 0 Å². The molecule has 3 aromatic carbocycles. The number of benzene rings is 3. The molecule has 0 saturated carbocycles. The van der Waals surface area contributed by atoms with Gasteiger partial charge in [-0.25, -0.2) is 0 Å². The topological polar surface area (TPSA) is 51.5 Å².